The number of nitrogens with zero attached hydrogens (tertiary/aromatic N) is 2. The Hall–Kier alpha value is -0.880. The summed E-state index contributed by atoms with van der Waals surface area (Å²) in [5, 5.41) is 3.99. The molecule has 2 rings (SSSR count). The number of hydrogen-bond donors (Lipinski definition) is 2. The van der Waals surface area contributed by atoms with Crippen LogP contribution in [0.3, 0.4) is 0 Å². The third-order valence-corrected chi connectivity index (χ3v) is 3.15. The van der Waals surface area contributed by atoms with E-state index in [4.69, 9.17) is 10.5 Å². The fraction of sp³-hybridized carbons (Fsp3) is 0.778. The largest absolute Gasteiger partial charge is 0.378 e. The van der Waals surface area contributed by atoms with Crippen molar-refractivity contribution in [2.45, 2.75) is 31.8 Å². The van der Waals surface area contributed by atoms with Gasteiger partial charge in [0.25, 0.3) is 0 Å². The predicted octanol–water partition coefficient (Wildman–Crippen LogP) is 1.49. The van der Waals surface area contributed by atoms with Crippen molar-refractivity contribution < 1.29 is 4.74 Å². The third-order valence-electron chi connectivity index (χ3n) is 2.46. The van der Waals surface area contributed by atoms with Crippen molar-refractivity contribution in [1.82, 2.24) is 9.36 Å². The van der Waals surface area contributed by atoms with E-state index >= 15 is 0 Å². The maximum Gasteiger partial charge on any atom is 0.233 e. The molecular weight excluding hydrogens is 212 g/mol. The van der Waals surface area contributed by atoms with Crippen molar-refractivity contribution in [3.63, 3.8) is 0 Å². The van der Waals surface area contributed by atoms with Gasteiger partial charge in [-0.25, -0.2) is 0 Å². The lowest BCUT2D eigenvalue weighted by Gasteiger charge is -2.22. The Balaban J connectivity index is 1.65. The highest BCUT2D eigenvalue weighted by Gasteiger charge is 2.13. The number of rotatable bonds is 4. The van der Waals surface area contributed by atoms with Gasteiger partial charge in [0.15, 0.2) is 0 Å². The minimum atomic E-state index is 0.344. The third kappa shape index (κ3) is 3.32. The second-order valence-corrected chi connectivity index (χ2v) is 4.41. The number of aromatic nitrogens is 2. The summed E-state index contributed by atoms with van der Waals surface area (Å²) in [5.74, 6) is 0.344. The molecule has 1 fully saturated rings. The van der Waals surface area contributed by atoms with Crippen LogP contribution in [0.1, 0.15) is 25.7 Å². The Kier molecular flexibility index (Phi) is 3.74. The maximum atomic E-state index is 5.62. The minimum absolute atomic E-state index is 0.344. The molecule has 15 heavy (non-hydrogen) atoms. The second-order valence-electron chi connectivity index (χ2n) is 3.66. The SMILES string of the molecule is Nc1nsc(NCCC2CCCCO2)n1. The van der Waals surface area contributed by atoms with Crippen molar-refractivity contribution >= 4 is 22.6 Å². The van der Waals surface area contributed by atoms with E-state index in [2.05, 4.69) is 14.7 Å². The van der Waals surface area contributed by atoms with Crippen LogP contribution >= 0.6 is 11.5 Å². The quantitative estimate of drug-likeness (QED) is 0.817. The van der Waals surface area contributed by atoms with Crippen molar-refractivity contribution in [3.8, 4) is 0 Å². The average molecular weight is 228 g/mol. The van der Waals surface area contributed by atoms with Crippen LogP contribution in [-0.4, -0.2) is 28.6 Å². The van der Waals surface area contributed by atoms with Crippen LogP contribution in [0.15, 0.2) is 0 Å². The molecule has 1 aliphatic heterocycles. The van der Waals surface area contributed by atoms with Crippen LogP contribution in [0.4, 0.5) is 11.1 Å². The van der Waals surface area contributed by atoms with Crippen LogP contribution in [0.2, 0.25) is 0 Å². The van der Waals surface area contributed by atoms with Gasteiger partial charge in [-0.05, 0) is 25.7 Å². The maximum absolute atomic E-state index is 5.62. The second kappa shape index (κ2) is 5.27. The molecule has 3 N–H and O–H groups in total. The van der Waals surface area contributed by atoms with Crippen molar-refractivity contribution in [2.75, 3.05) is 24.2 Å². The number of nitrogens with one attached hydrogen (secondary N) is 1. The number of hydrogen-bond acceptors (Lipinski definition) is 6. The molecule has 84 valence electrons. The summed E-state index contributed by atoms with van der Waals surface area (Å²) >= 11 is 1.30. The smallest absolute Gasteiger partial charge is 0.233 e. The van der Waals surface area contributed by atoms with E-state index in [1.165, 1.54) is 30.8 Å². The van der Waals surface area contributed by atoms with E-state index in [1.807, 2.05) is 0 Å². The Labute approximate surface area is 93.2 Å². The lowest BCUT2D eigenvalue weighted by molar-refractivity contribution is 0.0134. The molecule has 2 heterocycles. The monoisotopic (exact) mass is 228 g/mol. The molecule has 1 aromatic rings. The number of nitrogen functional groups attached to an aromatic ring is 1. The lowest BCUT2D eigenvalue weighted by Crippen LogP contribution is -2.21. The Bertz CT molecular complexity index is 298. The van der Waals surface area contributed by atoms with Crippen LogP contribution in [0.5, 0.6) is 0 Å². The first kappa shape index (κ1) is 10.6. The molecule has 1 aromatic heterocycles. The van der Waals surface area contributed by atoms with E-state index in [9.17, 15) is 0 Å². The van der Waals surface area contributed by atoms with E-state index in [0.717, 1.165) is 24.7 Å². The van der Waals surface area contributed by atoms with Crippen molar-refractivity contribution in [3.05, 3.63) is 0 Å². The fourth-order valence-electron chi connectivity index (χ4n) is 1.68. The molecule has 0 radical (unpaired) electrons. The molecule has 0 bridgehead atoms. The minimum Gasteiger partial charge on any atom is -0.378 e. The van der Waals surface area contributed by atoms with E-state index in [0.29, 0.717) is 12.1 Å². The van der Waals surface area contributed by atoms with Gasteiger partial charge >= 0.3 is 0 Å². The first-order chi connectivity index (χ1) is 7.34. The fourth-order valence-corrected chi connectivity index (χ4v) is 2.20. The summed E-state index contributed by atoms with van der Waals surface area (Å²) < 4.78 is 9.52. The molecule has 1 aliphatic rings. The van der Waals surface area contributed by atoms with Gasteiger partial charge in [-0.15, -0.1) is 0 Å². The van der Waals surface area contributed by atoms with Gasteiger partial charge < -0.3 is 15.8 Å². The summed E-state index contributed by atoms with van der Waals surface area (Å²) in [7, 11) is 0. The normalized spacial score (nSPS) is 21.5. The summed E-state index contributed by atoms with van der Waals surface area (Å²) in [5.41, 5.74) is 5.42. The van der Waals surface area contributed by atoms with E-state index in [-0.39, 0.29) is 0 Å². The molecule has 5 nitrogen and oxygen atoms in total. The van der Waals surface area contributed by atoms with Gasteiger partial charge in [0.1, 0.15) is 0 Å². The molecule has 1 unspecified atom stereocenters. The van der Waals surface area contributed by atoms with Crippen molar-refractivity contribution in [1.29, 1.82) is 0 Å². The van der Waals surface area contributed by atoms with Gasteiger partial charge in [-0.2, -0.15) is 9.36 Å². The summed E-state index contributed by atoms with van der Waals surface area (Å²) in [6.07, 6.45) is 5.11. The number of ether oxygens (including phenoxy) is 1. The molecule has 0 aliphatic carbocycles. The van der Waals surface area contributed by atoms with Gasteiger partial charge in [-0.1, -0.05) is 0 Å². The standard InChI is InChI=1S/C9H16N4OS/c10-8-12-9(15-13-8)11-5-4-7-3-1-2-6-14-7/h7H,1-6H2,(H3,10,11,12,13). The Morgan fingerprint density at radius 3 is 3.13 bits per heavy atom. The van der Waals surface area contributed by atoms with Crippen molar-refractivity contribution in [2.24, 2.45) is 0 Å². The molecule has 1 atom stereocenters. The molecule has 6 heteroatoms. The highest BCUT2D eigenvalue weighted by atomic mass is 32.1. The predicted molar refractivity (Wildman–Crippen MR) is 61.0 cm³/mol. The zero-order chi connectivity index (χ0) is 10.5. The molecule has 1 saturated heterocycles. The topological polar surface area (TPSA) is 73.1 Å². The molecular formula is C9H16N4OS. The highest BCUT2D eigenvalue weighted by Crippen LogP contribution is 2.16. The van der Waals surface area contributed by atoms with Crippen LogP contribution in [0, 0.1) is 0 Å². The van der Waals surface area contributed by atoms with Crippen LogP contribution in [0.25, 0.3) is 0 Å². The number of nitrogens with two attached hydrogens (primary N) is 1. The molecule has 0 spiro atoms. The van der Waals surface area contributed by atoms with E-state index in [1.54, 1.807) is 0 Å². The summed E-state index contributed by atoms with van der Waals surface area (Å²) in [6.45, 7) is 1.79. The van der Waals surface area contributed by atoms with Crippen LogP contribution < -0.4 is 11.1 Å². The Morgan fingerprint density at radius 1 is 1.53 bits per heavy atom. The zero-order valence-electron chi connectivity index (χ0n) is 8.61. The Morgan fingerprint density at radius 2 is 2.47 bits per heavy atom. The zero-order valence-corrected chi connectivity index (χ0v) is 9.42. The molecule has 0 saturated carbocycles. The summed E-state index contributed by atoms with van der Waals surface area (Å²) in [6, 6.07) is 0. The lowest BCUT2D eigenvalue weighted by atomic mass is 10.1. The first-order valence-electron chi connectivity index (χ1n) is 5.29. The average Bonchev–Trinajstić information content (AvgIpc) is 2.66. The summed E-state index contributed by atoms with van der Waals surface area (Å²) in [4.78, 5) is 4.03. The molecule has 0 amide bonds. The first-order valence-corrected chi connectivity index (χ1v) is 6.06. The van der Waals surface area contributed by atoms with Crippen LogP contribution in [-0.2, 0) is 4.74 Å². The highest BCUT2D eigenvalue weighted by molar-refractivity contribution is 7.09. The molecule has 0 aromatic carbocycles. The van der Waals surface area contributed by atoms with Gasteiger partial charge in [0.2, 0.25) is 11.1 Å². The number of anilines is 2. The van der Waals surface area contributed by atoms with Gasteiger partial charge in [0, 0.05) is 24.7 Å². The van der Waals surface area contributed by atoms with Gasteiger partial charge in [0.05, 0.1) is 6.10 Å². The van der Waals surface area contributed by atoms with Gasteiger partial charge in [-0.3, -0.25) is 0 Å². The van der Waals surface area contributed by atoms with E-state index < -0.39 is 0 Å².